The first-order chi connectivity index (χ1) is 15.1. The molecule has 2 rings (SSSR count). The zero-order valence-electron chi connectivity index (χ0n) is 20.1. The molecule has 1 unspecified atom stereocenters. The highest BCUT2D eigenvalue weighted by Crippen LogP contribution is 2.43. The summed E-state index contributed by atoms with van der Waals surface area (Å²) in [5.41, 5.74) is 2.66. The summed E-state index contributed by atoms with van der Waals surface area (Å²) < 4.78 is 16.9. The van der Waals surface area contributed by atoms with Crippen molar-refractivity contribution < 1.29 is 29.2 Å². The first-order valence-corrected chi connectivity index (χ1v) is 11.0. The lowest BCUT2D eigenvalue weighted by atomic mass is 9.95. The zero-order chi connectivity index (χ0) is 23.9. The molecule has 1 aliphatic rings. The molecule has 0 aromatic heterocycles. The van der Waals surface area contributed by atoms with E-state index in [1.165, 1.54) is 18.3 Å². The minimum Gasteiger partial charge on any atom is -0.493 e. The lowest BCUT2D eigenvalue weighted by Gasteiger charge is -2.24. The van der Waals surface area contributed by atoms with Crippen LogP contribution in [0.25, 0.3) is 0 Å². The van der Waals surface area contributed by atoms with Gasteiger partial charge in [0.05, 0.1) is 31.5 Å². The average Bonchev–Trinajstić information content (AvgIpc) is 3.10. The average molecular weight is 448 g/mol. The number of benzene rings is 1. The fourth-order valence-electron chi connectivity index (χ4n) is 3.54. The van der Waals surface area contributed by atoms with E-state index in [0.717, 1.165) is 24.8 Å². The van der Waals surface area contributed by atoms with Crippen LogP contribution in [-0.2, 0) is 6.54 Å². The molecule has 1 aromatic carbocycles. The molecule has 0 radical (unpaired) electrons. The second-order valence-corrected chi connectivity index (χ2v) is 8.81. The fourth-order valence-corrected chi connectivity index (χ4v) is 3.54. The molecule has 1 aliphatic heterocycles. The van der Waals surface area contributed by atoms with Crippen LogP contribution in [0.2, 0.25) is 0 Å². The molecule has 0 saturated heterocycles. The Morgan fingerprint density at radius 3 is 2.47 bits per heavy atom. The summed E-state index contributed by atoms with van der Waals surface area (Å²) in [6.45, 7) is 8.12. The van der Waals surface area contributed by atoms with Crippen molar-refractivity contribution in [3.63, 3.8) is 0 Å². The highest BCUT2D eigenvalue weighted by atomic mass is 16.5. The van der Waals surface area contributed by atoms with E-state index in [9.17, 15) is 15.0 Å². The van der Waals surface area contributed by atoms with E-state index in [-0.39, 0.29) is 5.91 Å². The molecular formula is C25H37NO6. The standard InChI is InChI=1S/C25H37NO6/c1-16(10-11-21(27)25(3,4)29)8-7-9-17(2)12-13-32-23-20(30-5)14-18-19(22(23)31-6)15-26-24(18)28/h8,12,14,21,27,29H,7,9-11,13,15H2,1-6H3,(H,26,28). The quantitative estimate of drug-likeness (QED) is 0.420. The number of nitrogens with one attached hydrogen (secondary N) is 1. The Morgan fingerprint density at radius 2 is 1.84 bits per heavy atom. The maximum absolute atomic E-state index is 12.0. The van der Waals surface area contributed by atoms with E-state index < -0.39 is 11.7 Å². The number of aliphatic hydroxyl groups is 2. The topological polar surface area (TPSA) is 97.2 Å². The molecule has 1 heterocycles. The van der Waals surface area contributed by atoms with Gasteiger partial charge in [0.15, 0.2) is 11.5 Å². The molecular weight excluding hydrogens is 410 g/mol. The summed E-state index contributed by atoms with van der Waals surface area (Å²) in [7, 11) is 3.10. The maximum atomic E-state index is 12.0. The molecule has 1 amide bonds. The predicted octanol–water partition coefficient (Wildman–Crippen LogP) is 3.91. The van der Waals surface area contributed by atoms with Crippen LogP contribution < -0.4 is 19.5 Å². The molecule has 0 spiro atoms. The van der Waals surface area contributed by atoms with E-state index >= 15 is 0 Å². The number of hydrogen-bond donors (Lipinski definition) is 3. The highest BCUT2D eigenvalue weighted by Gasteiger charge is 2.28. The van der Waals surface area contributed by atoms with Gasteiger partial charge in [-0.1, -0.05) is 17.2 Å². The molecule has 32 heavy (non-hydrogen) atoms. The van der Waals surface area contributed by atoms with E-state index in [1.807, 2.05) is 13.0 Å². The van der Waals surface area contributed by atoms with Gasteiger partial charge in [-0.2, -0.15) is 0 Å². The minimum absolute atomic E-state index is 0.142. The van der Waals surface area contributed by atoms with Gasteiger partial charge in [-0.15, -0.1) is 0 Å². The third kappa shape index (κ3) is 6.74. The molecule has 0 fully saturated rings. The van der Waals surface area contributed by atoms with Crippen LogP contribution in [0.15, 0.2) is 29.4 Å². The molecule has 0 aliphatic carbocycles. The van der Waals surface area contributed by atoms with Crippen LogP contribution in [0.1, 0.15) is 69.3 Å². The van der Waals surface area contributed by atoms with Crippen molar-refractivity contribution >= 4 is 5.91 Å². The summed E-state index contributed by atoms with van der Waals surface area (Å²) in [5, 5.41) is 22.5. The Labute approximate surface area is 191 Å². The number of methoxy groups -OCH3 is 2. The van der Waals surface area contributed by atoms with Crippen molar-refractivity contribution in [1.82, 2.24) is 5.32 Å². The summed E-state index contributed by atoms with van der Waals surface area (Å²) >= 11 is 0. The fraction of sp³-hybridized carbons (Fsp3) is 0.560. The maximum Gasteiger partial charge on any atom is 0.252 e. The van der Waals surface area contributed by atoms with Crippen LogP contribution in [0, 0.1) is 0 Å². The van der Waals surface area contributed by atoms with E-state index in [1.54, 1.807) is 27.0 Å². The summed E-state index contributed by atoms with van der Waals surface area (Å²) in [6, 6.07) is 1.69. The SMILES string of the molecule is COc1cc2c(c(OC)c1OCC=C(C)CCC=C(C)CCC(O)C(C)(C)O)CNC2=O. The van der Waals surface area contributed by atoms with Crippen molar-refractivity contribution in [3.8, 4) is 17.2 Å². The Bertz CT molecular complexity index is 866. The van der Waals surface area contributed by atoms with E-state index in [0.29, 0.717) is 42.4 Å². The van der Waals surface area contributed by atoms with E-state index in [4.69, 9.17) is 14.2 Å². The van der Waals surface area contributed by atoms with Gasteiger partial charge in [0, 0.05) is 12.1 Å². The Morgan fingerprint density at radius 1 is 1.16 bits per heavy atom. The number of allylic oxidation sites excluding steroid dienone is 3. The first kappa shape index (κ1) is 25.7. The molecule has 178 valence electrons. The molecule has 7 nitrogen and oxygen atoms in total. The lowest BCUT2D eigenvalue weighted by molar-refractivity contribution is -0.0509. The lowest BCUT2D eigenvalue weighted by Crippen LogP contribution is -2.35. The van der Waals surface area contributed by atoms with Crippen molar-refractivity contribution in [1.29, 1.82) is 0 Å². The third-order valence-electron chi connectivity index (χ3n) is 5.72. The number of amides is 1. The Hall–Kier alpha value is -2.51. The molecule has 1 atom stereocenters. The zero-order valence-corrected chi connectivity index (χ0v) is 20.1. The molecule has 0 saturated carbocycles. The van der Waals surface area contributed by atoms with Crippen molar-refractivity contribution in [2.75, 3.05) is 20.8 Å². The molecule has 3 N–H and O–H groups in total. The molecule has 7 heteroatoms. The number of aliphatic hydroxyl groups excluding tert-OH is 1. The number of fused-ring (bicyclic) bond motifs is 1. The smallest absolute Gasteiger partial charge is 0.252 e. The summed E-state index contributed by atoms with van der Waals surface area (Å²) in [5.74, 6) is 1.35. The monoisotopic (exact) mass is 447 g/mol. The predicted molar refractivity (Wildman–Crippen MR) is 124 cm³/mol. The second kappa shape index (κ2) is 11.4. The number of rotatable bonds is 12. The molecule has 1 aromatic rings. The third-order valence-corrected chi connectivity index (χ3v) is 5.72. The first-order valence-electron chi connectivity index (χ1n) is 11.0. The number of carbonyl (C=O) groups excluding carboxylic acids is 1. The van der Waals surface area contributed by atoms with Crippen molar-refractivity contribution in [2.45, 2.75) is 71.6 Å². The van der Waals surface area contributed by atoms with Gasteiger partial charge in [-0.3, -0.25) is 4.79 Å². The number of ether oxygens (including phenoxy) is 3. The van der Waals surface area contributed by atoms with E-state index in [2.05, 4.69) is 18.3 Å². The van der Waals surface area contributed by atoms with Crippen LogP contribution in [0.5, 0.6) is 17.2 Å². The van der Waals surface area contributed by atoms with Crippen LogP contribution in [0.3, 0.4) is 0 Å². The van der Waals surface area contributed by atoms with Gasteiger partial charge in [-0.25, -0.2) is 0 Å². The highest BCUT2D eigenvalue weighted by molar-refractivity contribution is 6.00. The Balaban J connectivity index is 1.91. The minimum atomic E-state index is -1.07. The van der Waals surface area contributed by atoms with Gasteiger partial charge in [-0.05, 0) is 65.5 Å². The molecule has 0 bridgehead atoms. The van der Waals surface area contributed by atoms with Crippen LogP contribution in [0.4, 0.5) is 0 Å². The normalized spacial score (nSPS) is 15.3. The van der Waals surface area contributed by atoms with Crippen molar-refractivity contribution in [3.05, 3.63) is 40.5 Å². The number of carbonyl (C=O) groups is 1. The van der Waals surface area contributed by atoms with Crippen LogP contribution >= 0.6 is 0 Å². The largest absolute Gasteiger partial charge is 0.493 e. The summed E-state index contributed by atoms with van der Waals surface area (Å²) in [6.07, 6.45) is 6.55. The van der Waals surface area contributed by atoms with Gasteiger partial charge >= 0.3 is 0 Å². The Kier molecular flexibility index (Phi) is 9.16. The van der Waals surface area contributed by atoms with Gasteiger partial charge in [0.25, 0.3) is 5.91 Å². The van der Waals surface area contributed by atoms with Gasteiger partial charge in [0.1, 0.15) is 6.61 Å². The summed E-state index contributed by atoms with van der Waals surface area (Å²) in [4.78, 5) is 12.0. The van der Waals surface area contributed by atoms with Crippen LogP contribution in [-0.4, -0.2) is 48.7 Å². The van der Waals surface area contributed by atoms with Gasteiger partial charge < -0.3 is 29.7 Å². The van der Waals surface area contributed by atoms with Crippen molar-refractivity contribution in [2.24, 2.45) is 0 Å². The number of hydrogen-bond acceptors (Lipinski definition) is 6. The second-order valence-electron chi connectivity index (χ2n) is 8.81. The van der Waals surface area contributed by atoms with Gasteiger partial charge in [0.2, 0.25) is 5.75 Å².